The zero-order valence-electron chi connectivity index (χ0n) is 10.1. The number of nitrogens with zero attached hydrogens (tertiary/aromatic N) is 2. The van der Waals surface area contributed by atoms with E-state index >= 15 is 0 Å². The summed E-state index contributed by atoms with van der Waals surface area (Å²) in [5.74, 6) is 1.08. The predicted octanol–water partition coefficient (Wildman–Crippen LogP) is 2.96. The largest absolute Gasteiger partial charge is 0.370 e. The van der Waals surface area contributed by atoms with Crippen LogP contribution < -0.4 is 5.32 Å². The van der Waals surface area contributed by atoms with E-state index in [1.807, 2.05) is 0 Å². The SMILES string of the molecule is CCCCCCNc1ncnc2c1CCC2. The number of nitrogens with one attached hydrogen (secondary N) is 1. The van der Waals surface area contributed by atoms with Crippen LogP contribution in [0.15, 0.2) is 6.33 Å². The molecule has 1 aromatic heterocycles. The zero-order chi connectivity index (χ0) is 11.2. The van der Waals surface area contributed by atoms with Gasteiger partial charge < -0.3 is 5.32 Å². The lowest BCUT2D eigenvalue weighted by Crippen LogP contribution is -2.07. The van der Waals surface area contributed by atoms with E-state index in [1.54, 1.807) is 6.33 Å². The van der Waals surface area contributed by atoms with Crippen molar-refractivity contribution < 1.29 is 0 Å². The first-order chi connectivity index (χ1) is 7.92. The number of unbranched alkanes of at least 4 members (excludes halogenated alkanes) is 3. The van der Waals surface area contributed by atoms with E-state index in [0.29, 0.717) is 0 Å². The van der Waals surface area contributed by atoms with Crippen LogP contribution >= 0.6 is 0 Å². The van der Waals surface area contributed by atoms with Crippen LogP contribution in [0.2, 0.25) is 0 Å². The van der Waals surface area contributed by atoms with Gasteiger partial charge in [0, 0.05) is 17.8 Å². The molecular weight excluding hydrogens is 198 g/mol. The van der Waals surface area contributed by atoms with Gasteiger partial charge in [0.1, 0.15) is 12.1 Å². The van der Waals surface area contributed by atoms with E-state index in [1.165, 1.54) is 43.4 Å². The fourth-order valence-corrected chi connectivity index (χ4v) is 2.27. The minimum Gasteiger partial charge on any atom is -0.370 e. The molecule has 88 valence electrons. The highest BCUT2D eigenvalue weighted by molar-refractivity contribution is 5.47. The summed E-state index contributed by atoms with van der Waals surface area (Å²) < 4.78 is 0. The van der Waals surface area contributed by atoms with Gasteiger partial charge in [0.05, 0.1) is 0 Å². The molecule has 2 rings (SSSR count). The Morgan fingerprint density at radius 3 is 3.00 bits per heavy atom. The van der Waals surface area contributed by atoms with Crippen molar-refractivity contribution in [1.82, 2.24) is 9.97 Å². The Bertz CT molecular complexity index is 336. The van der Waals surface area contributed by atoms with Gasteiger partial charge in [-0.3, -0.25) is 0 Å². The molecule has 1 N–H and O–H groups in total. The quantitative estimate of drug-likeness (QED) is 0.747. The minimum atomic E-state index is 1.05. The summed E-state index contributed by atoms with van der Waals surface area (Å²) >= 11 is 0. The molecule has 0 aliphatic heterocycles. The van der Waals surface area contributed by atoms with E-state index in [0.717, 1.165) is 25.2 Å². The molecule has 0 fully saturated rings. The number of hydrogen-bond acceptors (Lipinski definition) is 3. The summed E-state index contributed by atoms with van der Waals surface area (Å²) in [6.45, 7) is 3.29. The first-order valence-corrected chi connectivity index (χ1v) is 6.48. The molecule has 0 amide bonds. The average molecular weight is 219 g/mol. The topological polar surface area (TPSA) is 37.8 Å². The molecule has 3 heteroatoms. The summed E-state index contributed by atoms with van der Waals surface area (Å²) in [4.78, 5) is 8.67. The minimum absolute atomic E-state index is 1.05. The van der Waals surface area contributed by atoms with Crippen molar-refractivity contribution >= 4 is 5.82 Å². The van der Waals surface area contributed by atoms with Crippen molar-refractivity contribution in [2.75, 3.05) is 11.9 Å². The third-order valence-electron chi connectivity index (χ3n) is 3.20. The van der Waals surface area contributed by atoms with Crippen molar-refractivity contribution in [2.24, 2.45) is 0 Å². The normalized spacial score (nSPS) is 13.8. The third-order valence-corrected chi connectivity index (χ3v) is 3.20. The maximum atomic E-state index is 4.35. The standard InChI is InChI=1S/C13H21N3/c1-2-3-4-5-9-14-13-11-7-6-8-12(11)15-10-16-13/h10H,2-9H2,1H3,(H,14,15,16). The van der Waals surface area contributed by atoms with Crippen molar-refractivity contribution in [3.8, 4) is 0 Å². The molecule has 1 aliphatic carbocycles. The van der Waals surface area contributed by atoms with E-state index in [4.69, 9.17) is 0 Å². The number of hydrogen-bond donors (Lipinski definition) is 1. The number of aryl methyl sites for hydroxylation is 1. The highest BCUT2D eigenvalue weighted by atomic mass is 15.0. The molecule has 1 heterocycles. The van der Waals surface area contributed by atoms with Crippen LogP contribution in [0, 0.1) is 0 Å². The summed E-state index contributed by atoms with van der Waals surface area (Å²) in [6, 6.07) is 0. The summed E-state index contributed by atoms with van der Waals surface area (Å²) in [7, 11) is 0. The van der Waals surface area contributed by atoms with E-state index in [9.17, 15) is 0 Å². The monoisotopic (exact) mass is 219 g/mol. The lowest BCUT2D eigenvalue weighted by molar-refractivity contribution is 0.684. The fourth-order valence-electron chi connectivity index (χ4n) is 2.27. The van der Waals surface area contributed by atoms with Crippen LogP contribution in [0.1, 0.15) is 50.3 Å². The molecular formula is C13H21N3. The van der Waals surface area contributed by atoms with Crippen molar-refractivity contribution in [1.29, 1.82) is 0 Å². The number of rotatable bonds is 6. The Balaban J connectivity index is 1.83. The number of aromatic nitrogens is 2. The van der Waals surface area contributed by atoms with Crippen LogP contribution in [0.25, 0.3) is 0 Å². The van der Waals surface area contributed by atoms with Crippen molar-refractivity contribution in [2.45, 2.75) is 51.9 Å². The highest BCUT2D eigenvalue weighted by Crippen LogP contribution is 2.24. The fraction of sp³-hybridized carbons (Fsp3) is 0.692. The van der Waals surface area contributed by atoms with Gasteiger partial charge in [-0.2, -0.15) is 0 Å². The van der Waals surface area contributed by atoms with Gasteiger partial charge in [0.15, 0.2) is 0 Å². The summed E-state index contributed by atoms with van der Waals surface area (Å²) in [5, 5.41) is 3.45. The number of anilines is 1. The molecule has 0 bridgehead atoms. The van der Waals surface area contributed by atoms with Crippen LogP contribution in [0.3, 0.4) is 0 Å². The van der Waals surface area contributed by atoms with Gasteiger partial charge in [-0.25, -0.2) is 9.97 Å². The Labute approximate surface area is 97.7 Å². The first-order valence-electron chi connectivity index (χ1n) is 6.48. The van der Waals surface area contributed by atoms with E-state index in [2.05, 4.69) is 22.2 Å². The van der Waals surface area contributed by atoms with E-state index in [-0.39, 0.29) is 0 Å². The maximum absolute atomic E-state index is 4.35. The van der Waals surface area contributed by atoms with Gasteiger partial charge in [-0.05, 0) is 25.7 Å². The molecule has 0 unspecified atom stereocenters. The third kappa shape index (κ3) is 2.71. The molecule has 0 radical (unpaired) electrons. The second kappa shape index (κ2) is 5.83. The Hall–Kier alpha value is -1.12. The highest BCUT2D eigenvalue weighted by Gasteiger charge is 2.16. The summed E-state index contributed by atoms with van der Waals surface area (Å²) in [6.07, 6.45) is 10.4. The zero-order valence-corrected chi connectivity index (χ0v) is 10.1. The van der Waals surface area contributed by atoms with E-state index < -0.39 is 0 Å². The predicted molar refractivity (Wildman–Crippen MR) is 66.7 cm³/mol. The molecule has 0 atom stereocenters. The van der Waals surface area contributed by atoms with Gasteiger partial charge in [-0.1, -0.05) is 26.2 Å². The van der Waals surface area contributed by atoms with Crippen molar-refractivity contribution in [3.05, 3.63) is 17.6 Å². The van der Waals surface area contributed by atoms with Gasteiger partial charge in [-0.15, -0.1) is 0 Å². The van der Waals surface area contributed by atoms with Crippen LogP contribution in [0.5, 0.6) is 0 Å². The van der Waals surface area contributed by atoms with Gasteiger partial charge in [0.25, 0.3) is 0 Å². The van der Waals surface area contributed by atoms with Crippen LogP contribution in [-0.4, -0.2) is 16.5 Å². The average Bonchev–Trinajstić information content (AvgIpc) is 2.77. The first kappa shape index (κ1) is 11.4. The Morgan fingerprint density at radius 2 is 2.12 bits per heavy atom. The molecule has 3 nitrogen and oxygen atoms in total. The Kier molecular flexibility index (Phi) is 4.14. The van der Waals surface area contributed by atoms with Gasteiger partial charge in [0.2, 0.25) is 0 Å². The molecule has 0 aromatic carbocycles. The molecule has 1 aliphatic rings. The van der Waals surface area contributed by atoms with Crippen LogP contribution in [-0.2, 0) is 12.8 Å². The number of fused-ring (bicyclic) bond motifs is 1. The second-order valence-corrected chi connectivity index (χ2v) is 4.49. The van der Waals surface area contributed by atoms with Crippen LogP contribution in [0.4, 0.5) is 5.82 Å². The molecule has 1 aromatic rings. The summed E-state index contributed by atoms with van der Waals surface area (Å²) in [5.41, 5.74) is 2.61. The molecule has 0 saturated heterocycles. The lowest BCUT2D eigenvalue weighted by Gasteiger charge is -2.09. The second-order valence-electron chi connectivity index (χ2n) is 4.49. The maximum Gasteiger partial charge on any atom is 0.132 e. The molecule has 0 spiro atoms. The van der Waals surface area contributed by atoms with Gasteiger partial charge >= 0.3 is 0 Å². The Morgan fingerprint density at radius 1 is 1.19 bits per heavy atom. The van der Waals surface area contributed by atoms with Crippen molar-refractivity contribution in [3.63, 3.8) is 0 Å². The molecule has 0 saturated carbocycles. The smallest absolute Gasteiger partial charge is 0.132 e. The molecule has 16 heavy (non-hydrogen) atoms. The lowest BCUT2D eigenvalue weighted by atomic mass is 10.2.